The summed E-state index contributed by atoms with van der Waals surface area (Å²) in [5.74, 6) is 0.698. The van der Waals surface area contributed by atoms with Crippen molar-refractivity contribution in [3.63, 3.8) is 0 Å². The normalized spacial score (nSPS) is 10.5. The van der Waals surface area contributed by atoms with Crippen LogP contribution in [0, 0.1) is 0 Å². The Morgan fingerprint density at radius 1 is 0.833 bits per heavy atom. The Hall–Kier alpha value is -0.122. The van der Waals surface area contributed by atoms with Crippen LogP contribution in [0.3, 0.4) is 0 Å². The van der Waals surface area contributed by atoms with Crippen LogP contribution in [-0.2, 0) is 9.84 Å². The molecule has 0 aromatic heterocycles. The van der Waals surface area contributed by atoms with Crippen LogP contribution < -0.4 is 2.69 Å². The van der Waals surface area contributed by atoms with Gasteiger partial charge in [-0.1, -0.05) is 0 Å². The first-order valence-corrected chi connectivity index (χ1v) is 7.95. The van der Waals surface area contributed by atoms with E-state index in [1.807, 2.05) is 0 Å². The third-order valence-corrected chi connectivity index (χ3v) is 5.01. The van der Waals surface area contributed by atoms with E-state index in [0.29, 0.717) is 36.9 Å². The fourth-order valence-electron chi connectivity index (χ4n) is 1.42. The van der Waals surface area contributed by atoms with Gasteiger partial charge in [-0.25, -0.2) is 0 Å². The van der Waals surface area contributed by atoms with Gasteiger partial charge >= 0.3 is 117 Å². The summed E-state index contributed by atoms with van der Waals surface area (Å²) in [5, 5.41) is 0. The predicted octanol–water partition coefficient (Wildman–Crippen LogP) is 1.60. The van der Waals surface area contributed by atoms with Crippen LogP contribution in [0.5, 0.6) is 5.75 Å². The zero-order valence-electron chi connectivity index (χ0n) is 9.54. The van der Waals surface area contributed by atoms with Gasteiger partial charge in [0.2, 0.25) is 0 Å². The average Bonchev–Trinajstić information content (AvgIpc) is 2.40. The van der Waals surface area contributed by atoms with E-state index in [0.717, 1.165) is 0 Å². The van der Waals surface area contributed by atoms with E-state index in [-0.39, 0.29) is 27.9 Å². The van der Waals surface area contributed by atoms with Crippen molar-refractivity contribution in [2.75, 3.05) is 0 Å². The standard InChI is InChI=1S/C12H10O3S.Mg.Pb/c13-10-6-8-12(9-7-10)16(14,15)11-4-2-1-3-5-11;;/h1-9,13H;;/q;;+1/p-1. The fraction of sp³-hybridized carbons (Fsp3) is 0. The van der Waals surface area contributed by atoms with Gasteiger partial charge in [0.15, 0.2) is 0 Å². The quantitative estimate of drug-likeness (QED) is 0.648. The first-order chi connectivity index (χ1) is 8.14. The van der Waals surface area contributed by atoms with Crippen molar-refractivity contribution in [1.82, 2.24) is 0 Å². The molecule has 5 radical (unpaired) electrons. The summed E-state index contributed by atoms with van der Waals surface area (Å²) in [5.41, 5.74) is 0. The zero-order chi connectivity index (χ0) is 12.3. The van der Waals surface area contributed by atoms with Gasteiger partial charge in [0.25, 0.3) is 0 Å². The molecule has 0 amide bonds. The first kappa shape index (κ1) is 15.9. The Morgan fingerprint density at radius 3 is 1.83 bits per heavy atom. The number of benzene rings is 2. The van der Waals surface area contributed by atoms with Crippen molar-refractivity contribution in [3.05, 3.63) is 54.6 Å². The predicted molar refractivity (Wildman–Crippen MR) is 70.5 cm³/mol. The molecule has 2 aromatic rings. The maximum absolute atomic E-state index is 12.2. The molecule has 0 fully saturated rings. The molecule has 18 heavy (non-hydrogen) atoms. The van der Waals surface area contributed by atoms with E-state index in [1.165, 1.54) is 0 Å². The van der Waals surface area contributed by atoms with E-state index in [1.54, 1.807) is 54.6 Å². The molecule has 0 heterocycles. The molecule has 0 saturated heterocycles. The number of hydrogen-bond acceptors (Lipinski definition) is 3. The Labute approximate surface area is 139 Å². The van der Waals surface area contributed by atoms with Crippen LogP contribution in [0.15, 0.2) is 64.4 Å². The Balaban J connectivity index is 0.00000162. The first-order valence-electron chi connectivity index (χ1n) is 4.88. The molecule has 6 heteroatoms. The van der Waals surface area contributed by atoms with Gasteiger partial charge in [-0.15, -0.1) is 0 Å². The Kier molecular flexibility index (Phi) is 6.09. The minimum absolute atomic E-state index is 0. The molecule has 3 nitrogen and oxygen atoms in total. The third kappa shape index (κ3) is 3.46. The molecule has 0 aliphatic carbocycles. The molecular weight excluding hydrogens is 456 g/mol. The molecule has 0 N–H and O–H groups in total. The van der Waals surface area contributed by atoms with Crippen LogP contribution in [0.4, 0.5) is 0 Å². The summed E-state index contributed by atoms with van der Waals surface area (Å²) < 4.78 is 29.5. The molecule has 0 aliphatic rings. The van der Waals surface area contributed by atoms with Crippen LogP contribution in [0.2, 0.25) is 0 Å². The number of sulfone groups is 1. The summed E-state index contributed by atoms with van der Waals surface area (Å²) in [6.07, 6.45) is 0. The summed E-state index contributed by atoms with van der Waals surface area (Å²) in [7, 11) is -3.41. The largest absolute Gasteiger partial charge is 0 e. The minimum atomic E-state index is -3.41. The zero-order valence-corrected chi connectivity index (χ0v) is 15.7. The topological polar surface area (TPSA) is 43.4 Å². The van der Waals surface area contributed by atoms with Gasteiger partial charge in [-0.3, -0.25) is 0 Å². The second-order valence-corrected chi connectivity index (χ2v) is 6.13. The van der Waals surface area contributed by atoms with Crippen LogP contribution in [0.25, 0.3) is 0 Å². The minimum Gasteiger partial charge on any atom is 0 e. The fourth-order valence-corrected chi connectivity index (χ4v) is 3.23. The summed E-state index contributed by atoms with van der Waals surface area (Å²) in [6.45, 7) is 0. The number of rotatable bonds is 3. The van der Waals surface area contributed by atoms with Crippen molar-refractivity contribution >= 4 is 59.1 Å². The molecular formula is C12H9MgO3PbS. The van der Waals surface area contributed by atoms with E-state index >= 15 is 0 Å². The van der Waals surface area contributed by atoms with Gasteiger partial charge in [-0.05, 0) is 0 Å². The second-order valence-electron chi connectivity index (χ2n) is 3.39. The van der Waals surface area contributed by atoms with Crippen molar-refractivity contribution in [2.24, 2.45) is 0 Å². The molecule has 0 bridgehead atoms. The molecule has 87 valence electrons. The summed E-state index contributed by atoms with van der Waals surface area (Å²) in [6, 6.07) is 14.9. The van der Waals surface area contributed by atoms with E-state index in [2.05, 4.69) is 0 Å². The Bertz CT molecular complexity index is 597. The van der Waals surface area contributed by atoms with Crippen molar-refractivity contribution < 1.29 is 11.1 Å². The van der Waals surface area contributed by atoms with Gasteiger partial charge in [0.1, 0.15) is 0 Å². The monoisotopic (exact) mass is 465 g/mol. The van der Waals surface area contributed by atoms with Crippen molar-refractivity contribution in [1.29, 1.82) is 0 Å². The molecule has 0 spiro atoms. The molecule has 0 saturated carbocycles. The van der Waals surface area contributed by atoms with Crippen LogP contribution in [-0.4, -0.2) is 57.7 Å². The van der Waals surface area contributed by atoms with E-state index in [4.69, 9.17) is 2.69 Å². The average molecular weight is 465 g/mol. The molecule has 2 aromatic carbocycles. The SMILES string of the molecule is O=S(=O)(c1ccccc1)c1ccc([O][Pb])cc1.[Mg]. The van der Waals surface area contributed by atoms with Gasteiger partial charge in [-0.2, -0.15) is 0 Å². The summed E-state index contributed by atoms with van der Waals surface area (Å²) >= 11 is 0.590. The molecule has 0 atom stereocenters. The van der Waals surface area contributed by atoms with Crippen LogP contribution >= 0.6 is 0 Å². The van der Waals surface area contributed by atoms with Crippen molar-refractivity contribution in [2.45, 2.75) is 9.79 Å². The second kappa shape index (κ2) is 6.88. The smallest absolute Gasteiger partial charge is 0 e. The third-order valence-electron chi connectivity index (χ3n) is 2.31. The summed E-state index contributed by atoms with van der Waals surface area (Å²) in [4.78, 5) is 0.589. The van der Waals surface area contributed by atoms with Gasteiger partial charge in [0.05, 0.1) is 0 Å². The van der Waals surface area contributed by atoms with Crippen molar-refractivity contribution in [3.8, 4) is 5.75 Å². The Morgan fingerprint density at radius 2 is 1.33 bits per heavy atom. The van der Waals surface area contributed by atoms with Gasteiger partial charge in [0, 0.05) is 23.1 Å². The van der Waals surface area contributed by atoms with Crippen LogP contribution in [0.1, 0.15) is 0 Å². The maximum atomic E-state index is 12.2. The molecule has 0 unspecified atom stereocenters. The van der Waals surface area contributed by atoms with Gasteiger partial charge < -0.3 is 0 Å². The van der Waals surface area contributed by atoms with E-state index in [9.17, 15) is 8.42 Å². The van der Waals surface area contributed by atoms with E-state index < -0.39 is 9.84 Å². The molecule has 0 aliphatic heterocycles. The number of hydrogen-bond donors (Lipinski definition) is 0. The maximum Gasteiger partial charge on any atom is 0 e. The molecule has 2 rings (SSSR count).